The van der Waals surface area contributed by atoms with Gasteiger partial charge >= 0.3 is 0 Å². The van der Waals surface area contributed by atoms with Crippen LogP contribution in [0.3, 0.4) is 0 Å². The molecule has 3 heterocycles. The number of hydrogen-bond donors (Lipinski definition) is 0. The van der Waals surface area contributed by atoms with Crippen molar-refractivity contribution >= 4 is 11.7 Å². The predicted molar refractivity (Wildman–Crippen MR) is 99.3 cm³/mol. The van der Waals surface area contributed by atoms with E-state index in [1.165, 1.54) is 11.1 Å². The Morgan fingerprint density at radius 2 is 2.04 bits per heavy atom. The number of anilines is 1. The van der Waals surface area contributed by atoms with E-state index in [0.717, 1.165) is 51.3 Å². The van der Waals surface area contributed by atoms with E-state index in [1.807, 2.05) is 24.4 Å². The van der Waals surface area contributed by atoms with Crippen molar-refractivity contribution in [1.29, 1.82) is 0 Å². The Bertz CT molecular complexity index is 761. The van der Waals surface area contributed by atoms with E-state index in [0.29, 0.717) is 5.91 Å². The molecule has 1 aromatic heterocycles. The molecule has 0 radical (unpaired) electrons. The number of carbonyl (C=O) groups excluding carboxylic acids is 1. The van der Waals surface area contributed by atoms with E-state index in [4.69, 9.17) is 0 Å². The Morgan fingerprint density at radius 3 is 2.84 bits per heavy atom. The zero-order chi connectivity index (χ0) is 17.3. The van der Waals surface area contributed by atoms with Crippen molar-refractivity contribution in [3.63, 3.8) is 0 Å². The minimum absolute atomic E-state index is 0.223. The normalized spacial score (nSPS) is 23.5. The fourth-order valence-corrected chi connectivity index (χ4v) is 4.32. The number of aryl methyl sites for hydroxylation is 1. The maximum Gasteiger partial charge on any atom is 0.230 e. The second-order valence-corrected chi connectivity index (χ2v) is 7.46. The summed E-state index contributed by atoms with van der Waals surface area (Å²) in [5.74, 6) is 1.32. The van der Waals surface area contributed by atoms with Gasteiger partial charge in [-0.05, 0) is 43.9 Å². The zero-order valence-electron chi connectivity index (χ0n) is 14.8. The molecule has 2 saturated heterocycles. The lowest BCUT2D eigenvalue weighted by molar-refractivity contribution is -0.145. The van der Waals surface area contributed by atoms with Crippen LogP contribution >= 0.6 is 0 Å². The van der Waals surface area contributed by atoms with Crippen LogP contribution in [0.1, 0.15) is 30.4 Å². The minimum atomic E-state index is -0.223. The van der Waals surface area contributed by atoms with Crippen LogP contribution in [0.4, 0.5) is 5.82 Å². The standard InChI is InChI=1S/C21H25N3O/c1-17-6-4-7-18(14-17)15-23-12-5-9-21(20(23)25)10-13-24(16-21)19-8-2-3-11-22-19/h2-4,6-8,11,14H,5,9-10,12-13,15-16H2,1H3. The second-order valence-electron chi connectivity index (χ2n) is 7.46. The predicted octanol–water partition coefficient (Wildman–Crippen LogP) is 3.41. The second kappa shape index (κ2) is 6.51. The van der Waals surface area contributed by atoms with Crippen LogP contribution in [0.5, 0.6) is 0 Å². The smallest absolute Gasteiger partial charge is 0.230 e. The number of aromatic nitrogens is 1. The topological polar surface area (TPSA) is 36.4 Å². The van der Waals surface area contributed by atoms with Gasteiger partial charge in [-0.3, -0.25) is 4.79 Å². The van der Waals surface area contributed by atoms with Crippen LogP contribution in [-0.2, 0) is 11.3 Å². The molecule has 1 aromatic carbocycles. The maximum atomic E-state index is 13.3. The van der Waals surface area contributed by atoms with Gasteiger partial charge in [-0.1, -0.05) is 35.9 Å². The highest BCUT2D eigenvalue weighted by Gasteiger charge is 2.48. The van der Waals surface area contributed by atoms with Crippen LogP contribution in [-0.4, -0.2) is 35.4 Å². The first-order valence-corrected chi connectivity index (χ1v) is 9.17. The van der Waals surface area contributed by atoms with Gasteiger partial charge in [-0.2, -0.15) is 0 Å². The number of piperidine rings is 1. The summed E-state index contributed by atoms with van der Waals surface area (Å²) >= 11 is 0. The largest absolute Gasteiger partial charge is 0.356 e. The summed E-state index contributed by atoms with van der Waals surface area (Å²) in [6, 6.07) is 14.5. The molecule has 2 aliphatic heterocycles. The quantitative estimate of drug-likeness (QED) is 0.862. The average Bonchev–Trinajstić information content (AvgIpc) is 3.05. The number of rotatable bonds is 3. The Kier molecular flexibility index (Phi) is 4.20. The van der Waals surface area contributed by atoms with Gasteiger partial charge in [0.1, 0.15) is 5.82 Å². The number of hydrogen-bond acceptors (Lipinski definition) is 3. The van der Waals surface area contributed by atoms with E-state index < -0.39 is 0 Å². The Hall–Kier alpha value is -2.36. The summed E-state index contributed by atoms with van der Waals surface area (Å²) in [4.78, 5) is 22.1. The molecule has 1 spiro atoms. The lowest BCUT2D eigenvalue weighted by atomic mass is 9.78. The molecule has 1 atom stereocenters. The van der Waals surface area contributed by atoms with Gasteiger partial charge in [0, 0.05) is 32.4 Å². The van der Waals surface area contributed by atoms with Crippen LogP contribution < -0.4 is 4.90 Å². The molecule has 0 bridgehead atoms. The maximum absolute atomic E-state index is 13.3. The van der Waals surface area contributed by atoms with Crippen molar-refractivity contribution in [2.75, 3.05) is 24.5 Å². The Balaban J connectivity index is 1.50. The Morgan fingerprint density at radius 1 is 1.12 bits per heavy atom. The lowest BCUT2D eigenvalue weighted by Gasteiger charge is -2.39. The van der Waals surface area contributed by atoms with E-state index in [1.54, 1.807) is 0 Å². The molecule has 1 unspecified atom stereocenters. The highest BCUT2D eigenvalue weighted by atomic mass is 16.2. The van der Waals surface area contributed by atoms with E-state index >= 15 is 0 Å². The third-order valence-corrected chi connectivity index (χ3v) is 5.61. The third-order valence-electron chi connectivity index (χ3n) is 5.61. The molecule has 1 amide bonds. The molecular weight excluding hydrogens is 310 g/mol. The van der Waals surface area contributed by atoms with E-state index in [2.05, 4.69) is 46.0 Å². The van der Waals surface area contributed by atoms with E-state index in [9.17, 15) is 4.79 Å². The number of nitrogens with zero attached hydrogens (tertiary/aromatic N) is 3. The van der Waals surface area contributed by atoms with Crippen molar-refractivity contribution < 1.29 is 4.79 Å². The fourth-order valence-electron chi connectivity index (χ4n) is 4.32. The summed E-state index contributed by atoms with van der Waals surface area (Å²) in [6.07, 6.45) is 4.85. The van der Waals surface area contributed by atoms with Gasteiger partial charge in [-0.15, -0.1) is 0 Å². The minimum Gasteiger partial charge on any atom is -0.356 e. The first-order chi connectivity index (χ1) is 12.2. The highest BCUT2D eigenvalue weighted by Crippen LogP contribution is 2.41. The van der Waals surface area contributed by atoms with Gasteiger partial charge in [0.2, 0.25) is 5.91 Å². The summed E-state index contributed by atoms with van der Waals surface area (Å²) in [6.45, 7) is 5.42. The van der Waals surface area contributed by atoms with Gasteiger partial charge < -0.3 is 9.80 Å². The molecule has 0 aliphatic carbocycles. The average molecular weight is 335 g/mol. The number of carbonyl (C=O) groups is 1. The lowest BCUT2D eigenvalue weighted by Crippen LogP contribution is -2.49. The molecule has 2 aromatic rings. The molecule has 4 heteroatoms. The van der Waals surface area contributed by atoms with Crippen molar-refractivity contribution in [1.82, 2.24) is 9.88 Å². The molecule has 0 saturated carbocycles. The molecule has 25 heavy (non-hydrogen) atoms. The van der Waals surface area contributed by atoms with Crippen molar-refractivity contribution in [2.45, 2.75) is 32.7 Å². The van der Waals surface area contributed by atoms with Crippen molar-refractivity contribution in [3.05, 3.63) is 59.8 Å². The zero-order valence-corrected chi connectivity index (χ0v) is 14.8. The number of pyridine rings is 1. The number of amides is 1. The molecule has 0 N–H and O–H groups in total. The third kappa shape index (κ3) is 3.13. The molecule has 4 rings (SSSR count). The SMILES string of the molecule is Cc1cccc(CN2CCCC3(CCN(c4ccccn4)C3)C2=O)c1. The molecule has 2 fully saturated rings. The molecule has 130 valence electrons. The van der Waals surface area contributed by atoms with Crippen molar-refractivity contribution in [3.8, 4) is 0 Å². The fraction of sp³-hybridized carbons (Fsp3) is 0.429. The molecule has 2 aliphatic rings. The van der Waals surface area contributed by atoms with Gasteiger partial charge in [0.25, 0.3) is 0 Å². The van der Waals surface area contributed by atoms with Gasteiger partial charge in [0.05, 0.1) is 5.41 Å². The molecule has 4 nitrogen and oxygen atoms in total. The summed E-state index contributed by atoms with van der Waals surface area (Å²) in [5.41, 5.74) is 2.25. The van der Waals surface area contributed by atoms with Crippen LogP contribution in [0.2, 0.25) is 0 Å². The first kappa shape index (κ1) is 16.1. The van der Waals surface area contributed by atoms with Crippen LogP contribution in [0.25, 0.3) is 0 Å². The van der Waals surface area contributed by atoms with Crippen LogP contribution in [0.15, 0.2) is 48.7 Å². The first-order valence-electron chi connectivity index (χ1n) is 9.17. The highest BCUT2D eigenvalue weighted by molar-refractivity contribution is 5.85. The van der Waals surface area contributed by atoms with E-state index in [-0.39, 0.29) is 5.41 Å². The van der Waals surface area contributed by atoms with Gasteiger partial charge in [0.15, 0.2) is 0 Å². The molecular formula is C21H25N3O. The van der Waals surface area contributed by atoms with Gasteiger partial charge in [-0.25, -0.2) is 4.98 Å². The van der Waals surface area contributed by atoms with Crippen LogP contribution in [0, 0.1) is 12.3 Å². The summed E-state index contributed by atoms with van der Waals surface area (Å²) < 4.78 is 0. The number of likely N-dealkylation sites (tertiary alicyclic amines) is 1. The monoisotopic (exact) mass is 335 g/mol. The summed E-state index contributed by atoms with van der Waals surface area (Å²) in [7, 11) is 0. The Labute approximate surface area is 149 Å². The number of benzene rings is 1. The summed E-state index contributed by atoms with van der Waals surface area (Å²) in [5, 5.41) is 0. The van der Waals surface area contributed by atoms with Crippen molar-refractivity contribution in [2.24, 2.45) is 5.41 Å².